The number of allylic oxidation sites excluding steroid dienone is 3. The zero-order valence-corrected chi connectivity index (χ0v) is 43.4. The standard InChI is InChI=1S/C59H115NO4/c1-3-5-7-9-11-13-15-17-19-21-23-24-25-26-27-28-29-30-31-32-33-34-35-36-38-40-42-44-46-48-50-52-54-58(63)59(64)60-56(55-61)57(62)53-51-49-47-45-43-41-39-37-22-20-18-16-14-12-10-8-6-4-2/h43,45,51,53,56-58,61-63H,3-42,44,46-50,52,54-55H2,1-2H3,(H,60,64)/b45-43+,53-51+. The van der Waals surface area contributed by atoms with Crippen molar-refractivity contribution in [2.24, 2.45) is 0 Å². The van der Waals surface area contributed by atoms with Crippen LogP contribution in [-0.2, 0) is 4.79 Å². The van der Waals surface area contributed by atoms with Crippen molar-refractivity contribution >= 4 is 5.91 Å². The van der Waals surface area contributed by atoms with Gasteiger partial charge in [-0.1, -0.05) is 314 Å². The Morgan fingerprint density at radius 1 is 0.375 bits per heavy atom. The maximum Gasteiger partial charge on any atom is 0.249 e. The number of hydrogen-bond acceptors (Lipinski definition) is 4. The lowest BCUT2D eigenvalue weighted by Gasteiger charge is -2.21. The highest BCUT2D eigenvalue weighted by Crippen LogP contribution is 2.18. The van der Waals surface area contributed by atoms with Gasteiger partial charge in [0.15, 0.2) is 0 Å². The van der Waals surface area contributed by atoms with Gasteiger partial charge in [-0.25, -0.2) is 0 Å². The summed E-state index contributed by atoms with van der Waals surface area (Å²) in [5.41, 5.74) is 0. The highest BCUT2D eigenvalue weighted by molar-refractivity contribution is 5.80. The zero-order valence-electron chi connectivity index (χ0n) is 43.4. The monoisotopic (exact) mass is 902 g/mol. The fourth-order valence-electron chi connectivity index (χ4n) is 9.26. The molecule has 0 aromatic heterocycles. The van der Waals surface area contributed by atoms with Crippen molar-refractivity contribution in [3.05, 3.63) is 24.3 Å². The summed E-state index contributed by atoms with van der Waals surface area (Å²) in [6.45, 7) is 4.21. The minimum absolute atomic E-state index is 0.372. The molecule has 0 aliphatic heterocycles. The molecule has 380 valence electrons. The highest BCUT2D eigenvalue weighted by Gasteiger charge is 2.22. The smallest absolute Gasteiger partial charge is 0.249 e. The summed E-state index contributed by atoms with van der Waals surface area (Å²) in [5, 5.41) is 33.3. The number of rotatable bonds is 54. The molecule has 0 aromatic rings. The molecule has 0 aliphatic carbocycles. The molecular weight excluding hydrogens is 787 g/mol. The van der Waals surface area contributed by atoms with Crippen LogP contribution >= 0.6 is 0 Å². The van der Waals surface area contributed by atoms with Gasteiger partial charge in [0.1, 0.15) is 6.10 Å². The SMILES string of the molecule is CCCCCCCCCCCCCC/C=C/CC/C=C/C(O)C(CO)NC(=O)C(O)CCCCCCCCCCCCCCCCCCCCCCCCCCCCCCCCCC. The van der Waals surface area contributed by atoms with E-state index in [1.165, 1.54) is 263 Å². The number of hydrogen-bond donors (Lipinski definition) is 4. The Bertz CT molecular complexity index is 951. The minimum Gasteiger partial charge on any atom is -0.394 e. The van der Waals surface area contributed by atoms with Crippen molar-refractivity contribution in [1.82, 2.24) is 5.32 Å². The molecule has 0 saturated carbocycles. The summed E-state index contributed by atoms with van der Waals surface area (Å²) in [7, 11) is 0. The normalized spacial score (nSPS) is 13.4. The molecule has 0 rings (SSSR count). The Labute approximate surface area is 401 Å². The average Bonchev–Trinajstić information content (AvgIpc) is 3.30. The van der Waals surface area contributed by atoms with Crippen molar-refractivity contribution < 1.29 is 20.1 Å². The Morgan fingerprint density at radius 2 is 0.641 bits per heavy atom. The lowest BCUT2D eigenvalue weighted by atomic mass is 10.0. The van der Waals surface area contributed by atoms with E-state index in [0.717, 1.165) is 38.5 Å². The Hall–Kier alpha value is -1.17. The topological polar surface area (TPSA) is 89.8 Å². The molecule has 0 spiro atoms. The summed E-state index contributed by atoms with van der Waals surface area (Å²) in [4.78, 5) is 12.5. The number of carbonyl (C=O) groups excluding carboxylic acids is 1. The summed E-state index contributed by atoms with van der Waals surface area (Å²) in [6.07, 6.45) is 69.9. The van der Waals surface area contributed by atoms with Crippen molar-refractivity contribution in [2.75, 3.05) is 6.61 Å². The summed E-state index contributed by atoms with van der Waals surface area (Å²) in [5.74, 6) is -0.507. The lowest BCUT2D eigenvalue weighted by molar-refractivity contribution is -0.131. The Kier molecular flexibility index (Phi) is 53.4. The maximum absolute atomic E-state index is 12.5. The number of nitrogens with one attached hydrogen (secondary N) is 1. The van der Waals surface area contributed by atoms with E-state index in [1.54, 1.807) is 6.08 Å². The van der Waals surface area contributed by atoms with Crippen LogP contribution in [0, 0.1) is 0 Å². The summed E-state index contributed by atoms with van der Waals surface area (Å²) in [6, 6.07) is -0.812. The number of amides is 1. The van der Waals surface area contributed by atoms with Gasteiger partial charge in [-0.15, -0.1) is 0 Å². The van der Waals surface area contributed by atoms with E-state index in [2.05, 4.69) is 31.3 Å². The predicted octanol–water partition coefficient (Wildman–Crippen LogP) is 18.1. The van der Waals surface area contributed by atoms with Crippen LogP contribution in [-0.4, -0.2) is 46.1 Å². The molecule has 4 N–H and O–H groups in total. The van der Waals surface area contributed by atoms with Gasteiger partial charge < -0.3 is 20.6 Å². The largest absolute Gasteiger partial charge is 0.394 e. The molecule has 0 radical (unpaired) electrons. The first-order valence-corrected chi connectivity index (χ1v) is 29.2. The van der Waals surface area contributed by atoms with Gasteiger partial charge in [-0.05, 0) is 32.1 Å². The van der Waals surface area contributed by atoms with E-state index in [4.69, 9.17) is 0 Å². The first-order valence-electron chi connectivity index (χ1n) is 29.2. The first-order chi connectivity index (χ1) is 31.6. The summed E-state index contributed by atoms with van der Waals surface area (Å²) >= 11 is 0. The van der Waals surface area contributed by atoms with Gasteiger partial charge in [0, 0.05) is 0 Å². The molecular formula is C59H115NO4. The third-order valence-electron chi connectivity index (χ3n) is 13.8. The second kappa shape index (κ2) is 54.4. The minimum atomic E-state index is -1.10. The molecule has 0 bridgehead atoms. The van der Waals surface area contributed by atoms with Gasteiger partial charge in [0.25, 0.3) is 0 Å². The van der Waals surface area contributed by atoms with Crippen molar-refractivity contribution in [2.45, 2.75) is 340 Å². The second-order valence-corrected chi connectivity index (χ2v) is 20.2. The molecule has 64 heavy (non-hydrogen) atoms. The number of carbonyl (C=O) groups is 1. The number of unbranched alkanes of at least 4 members (excludes halogenated alkanes) is 44. The van der Waals surface area contributed by atoms with Crippen LogP contribution in [0.1, 0.15) is 322 Å². The fraction of sp³-hybridized carbons (Fsp3) is 0.915. The van der Waals surface area contributed by atoms with E-state index >= 15 is 0 Å². The maximum atomic E-state index is 12.5. The lowest BCUT2D eigenvalue weighted by Crippen LogP contribution is -2.48. The van der Waals surface area contributed by atoms with Crippen LogP contribution in [0.4, 0.5) is 0 Å². The quantitative estimate of drug-likeness (QED) is 0.0362. The highest BCUT2D eigenvalue weighted by atomic mass is 16.3. The van der Waals surface area contributed by atoms with E-state index in [9.17, 15) is 20.1 Å². The fourth-order valence-corrected chi connectivity index (χ4v) is 9.26. The van der Waals surface area contributed by atoms with Crippen LogP contribution in [0.5, 0.6) is 0 Å². The molecule has 0 aromatic carbocycles. The molecule has 0 fully saturated rings. The molecule has 5 heteroatoms. The van der Waals surface area contributed by atoms with Crippen LogP contribution < -0.4 is 5.32 Å². The van der Waals surface area contributed by atoms with E-state index in [0.29, 0.717) is 6.42 Å². The van der Waals surface area contributed by atoms with E-state index < -0.39 is 24.2 Å². The molecule has 0 heterocycles. The van der Waals surface area contributed by atoms with Gasteiger partial charge >= 0.3 is 0 Å². The summed E-state index contributed by atoms with van der Waals surface area (Å²) < 4.78 is 0. The number of aliphatic hydroxyl groups is 3. The van der Waals surface area contributed by atoms with Gasteiger partial charge in [-0.2, -0.15) is 0 Å². The third kappa shape index (κ3) is 48.8. The molecule has 0 aliphatic rings. The average molecular weight is 903 g/mol. The van der Waals surface area contributed by atoms with Crippen LogP contribution in [0.15, 0.2) is 24.3 Å². The molecule has 1 amide bonds. The molecule has 3 unspecified atom stereocenters. The molecule has 5 nitrogen and oxygen atoms in total. The zero-order chi connectivity index (χ0) is 46.5. The number of aliphatic hydroxyl groups excluding tert-OH is 3. The predicted molar refractivity (Wildman–Crippen MR) is 282 cm³/mol. The van der Waals surface area contributed by atoms with Gasteiger partial charge in [0.05, 0.1) is 18.8 Å². The Morgan fingerprint density at radius 3 is 0.953 bits per heavy atom. The second-order valence-electron chi connectivity index (χ2n) is 20.2. The van der Waals surface area contributed by atoms with Gasteiger partial charge in [-0.3, -0.25) is 4.79 Å². The van der Waals surface area contributed by atoms with Crippen LogP contribution in [0.2, 0.25) is 0 Å². The van der Waals surface area contributed by atoms with Crippen LogP contribution in [0.3, 0.4) is 0 Å². The first kappa shape index (κ1) is 62.8. The van der Waals surface area contributed by atoms with Crippen molar-refractivity contribution in [3.63, 3.8) is 0 Å². The Balaban J connectivity index is 3.51. The molecule has 0 saturated heterocycles. The third-order valence-corrected chi connectivity index (χ3v) is 13.8. The molecule has 3 atom stereocenters. The van der Waals surface area contributed by atoms with Gasteiger partial charge in [0.2, 0.25) is 5.91 Å². The van der Waals surface area contributed by atoms with Crippen molar-refractivity contribution in [3.8, 4) is 0 Å². The van der Waals surface area contributed by atoms with Crippen LogP contribution in [0.25, 0.3) is 0 Å². The van der Waals surface area contributed by atoms with Crippen molar-refractivity contribution in [1.29, 1.82) is 0 Å². The van der Waals surface area contributed by atoms with E-state index in [1.807, 2.05) is 6.08 Å². The van der Waals surface area contributed by atoms with E-state index in [-0.39, 0.29) is 6.61 Å².